The maximum absolute atomic E-state index is 11.4. The third-order valence-corrected chi connectivity index (χ3v) is 3.46. The number of rotatable bonds is 2. The molecule has 0 bridgehead atoms. The molecule has 2 heterocycles. The predicted octanol–water partition coefficient (Wildman–Crippen LogP) is 0.846. The lowest BCUT2D eigenvalue weighted by Crippen LogP contribution is -2.48. The van der Waals surface area contributed by atoms with Crippen molar-refractivity contribution in [3.8, 4) is 0 Å². The van der Waals surface area contributed by atoms with Gasteiger partial charge in [0.05, 0.1) is 6.54 Å². The van der Waals surface area contributed by atoms with Gasteiger partial charge in [-0.15, -0.1) is 0 Å². The highest BCUT2D eigenvalue weighted by Crippen LogP contribution is 2.29. The predicted molar refractivity (Wildman–Crippen MR) is 68.4 cm³/mol. The molecule has 1 N–H and O–H groups in total. The van der Waals surface area contributed by atoms with E-state index < -0.39 is 0 Å². The zero-order valence-electron chi connectivity index (χ0n) is 10.2. The molecule has 0 unspecified atom stereocenters. The van der Waals surface area contributed by atoms with Gasteiger partial charge in [-0.1, -0.05) is 12.2 Å². The Bertz CT molecular complexity index is 478. The third-order valence-electron chi connectivity index (χ3n) is 3.46. The topological polar surface area (TPSA) is 58.1 Å². The fourth-order valence-corrected chi connectivity index (χ4v) is 2.45. The SMILES string of the molecule is O=C1CN(c2cc(C3CC=CC3)ncn2)CCN1. The van der Waals surface area contributed by atoms with Gasteiger partial charge in [0.15, 0.2) is 0 Å². The lowest BCUT2D eigenvalue weighted by atomic mass is 10.0. The van der Waals surface area contributed by atoms with Crippen LogP contribution in [0.1, 0.15) is 24.5 Å². The van der Waals surface area contributed by atoms with E-state index >= 15 is 0 Å². The van der Waals surface area contributed by atoms with Gasteiger partial charge in [-0.05, 0) is 12.8 Å². The molecule has 2 aliphatic rings. The Morgan fingerprint density at radius 3 is 2.89 bits per heavy atom. The van der Waals surface area contributed by atoms with Gasteiger partial charge >= 0.3 is 0 Å². The van der Waals surface area contributed by atoms with Crippen molar-refractivity contribution in [3.63, 3.8) is 0 Å². The number of hydrogen-bond donors (Lipinski definition) is 1. The van der Waals surface area contributed by atoms with E-state index in [0.717, 1.165) is 30.9 Å². The van der Waals surface area contributed by atoms with Gasteiger partial charge in [-0.2, -0.15) is 0 Å². The zero-order chi connectivity index (χ0) is 12.4. The van der Waals surface area contributed by atoms with Gasteiger partial charge in [-0.3, -0.25) is 4.79 Å². The molecule has 1 amide bonds. The number of allylic oxidation sites excluding steroid dienone is 2. The summed E-state index contributed by atoms with van der Waals surface area (Å²) in [5.41, 5.74) is 1.08. The average molecular weight is 244 g/mol. The molecule has 94 valence electrons. The van der Waals surface area contributed by atoms with Crippen LogP contribution in [-0.4, -0.2) is 35.5 Å². The van der Waals surface area contributed by atoms with Crippen molar-refractivity contribution >= 4 is 11.7 Å². The Hall–Kier alpha value is -1.91. The molecule has 1 aliphatic heterocycles. The summed E-state index contributed by atoms with van der Waals surface area (Å²) in [6, 6.07) is 2.02. The number of hydrogen-bond acceptors (Lipinski definition) is 4. The van der Waals surface area contributed by atoms with Crippen molar-refractivity contribution in [1.29, 1.82) is 0 Å². The van der Waals surface area contributed by atoms with Gasteiger partial charge in [0.2, 0.25) is 5.91 Å². The number of carbonyl (C=O) groups is 1. The van der Waals surface area contributed by atoms with Crippen LogP contribution in [0, 0.1) is 0 Å². The number of anilines is 1. The summed E-state index contributed by atoms with van der Waals surface area (Å²) in [7, 11) is 0. The summed E-state index contributed by atoms with van der Waals surface area (Å²) >= 11 is 0. The summed E-state index contributed by atoms with van der Waals surface area (Å²) in [4.78, 5) is 22.0. The lowest BCUT2D eigenvalue weighted by Gasteiger charge is -2.27. The van der Waals surface area contributed by atoms with E-state index in [1.165, 1.54) is 0 Å². The Morgan fingerprint density at radius 2 is 2.11 bits per heavy atom. The fraction of sp³-hybridized carbons (Fsp3) is 0.462. The minimum absolute atomic E-state index is 0.0592. The van der Waals surface area contributed by atoms with Crippen molar-refractivity contribution in [2.45, 2.75) is 18.8 Å². The minimum Gasteiger partial charge on any atom is -0.353 e. The van der Waals surface area contributed by atoms with Gasteiger partial charge in [0.1, 0.15) is 12.1 Å². The number of aromatic nitrogens is 2. The smallest absolute Gasteiger partial charge is 0.239 e. The van der Waals surface area contributed by atoms with Crippen LogP contribution < -0.4 is 10.2 Å². The summed E-state index contributed by atoms with van der Waals surface area (Å²) in [5.74, 6) is 1.40. The summed E-state index contributed by atoms with van der Waals surface area (Å²) < 4.78 is 0. The van der Waals surface area contributed by atoms with E-state index in [-0.39, 0.29) is 5.91 Å². The minimum atomic E-state index is 0.0592. The number of nitrogens with one attached hydrogen (secondary N) is 1. The van der Waals surface area contributed by atoms with Crippen LogP contribution in [0.15, 0.2) is 24.5 Å². The van der Waals surface area contributed by atoms with Crippen LogP contribution in [0.3, 0.4) is 0 Å². The molecule has 1 saturated heterocycles. The molecule has 3 rings (SSSR count). The molecule has 5 heteroatoms. The highest BCUT2D eigenvalue weighted by molar-refractivity contribution is 5.82. The summed E-state index contributed by atoms with van der Waals surface area (Å²) in [5, 5.41) is 2.82. The summed E-state index contributed by atoms with van der Waals surface area (Å²) in [6.07, 6.45) is 8.10. The van der Waals surface area contributed by atoms with E-state index in [4.69, 9.17) is 0 Å². The standard InChI is InChI=1S/C13H16N4O/c18-13-8-17(6-5-14-13)12-7-11(15-9-16-12)10-3-1-2-4-10/h1-2,7,9-10H,3-6,8H2,(H,14,18). The highest BCUT2D eigenvalue weighted by atomic mass is 16.2. The van der Waals surface area contributed by atoms with Gasteiger partial charge in [-0.25, -0.2) is 9.97 Å². The Kier molecular flexibility index (Phi) is 2.96. The summed E-state index contributed by atoms with van der Waals surface area (Å²) in [6.45, 7) is 1.88. The van der Waals surface area contributed by atoms with E-state index in [1.54, 1.807) is 6.33 Å². The second-order valence-electron chi connectivity index (χ2n) is 4.71. The largest absolute Gasteiger partial charge is 0.353 e. The Morgan fingerprint density at radius 1 is 1.28 bits per heavy atom. The van der Waals surface area contributed by atoms with Crippen LogP contribution in [0.4, 0.5) is 5.82 Å². The molecule has 0 saturated carbocycles. The van der Waals surface area contributed by atoms with Crippen LogP contribution in [0.2, 0.25) is 0 Å². The average Bonchev–Trinajstić information content (AvgIpc) is 2.93. The van der Waals surface area contributed by atoms with Crippen molar-refractivity contribution in [2.24, 2.45) is 0 Å². The monoisotopic (exact) mass is 244 g/mol. The zero-order valence-corrected chi connectivity index (χ0v) is 10.2. The van der Waals surface area contributed by atoms with Crippen molar-refractivity contribution in [1.82, 2.24) is 15.3 Å². The molecular weight excluding hydrogens is 228 g/mol. The second kappa shape index (κ2) is 4.76. The van der Waals surface area contributed by atoms with Crippen LogP contribution in [-0.2, 0) is 4.79 Å². The maximum Gasteiger partial charge on any atom is 0.239 e. The first-order valence-electron chi connectivity index (χ1n) is 6.31. The van der Waals surface area contributed by atoms with Crippen molar-refractivity contribution in [3.05, 3.63) is 30.2 Å². The maximum atomic E-state index is 11.4. The molecule has 0 spiro atoms. The van der Waals surface area contributed by atoms with Crippen molar-refractivity contribution < 1.29 is 4.79 Å². The van der Waals surface area contributed by atoms with Gasteiger partial charge in [0, 0.05) is 30.8 Å². The normalized spacial score (nSPS) is 20.2. The highest BCUT2D eigenvalue weighted by Gasteiger charge is 2.20. The molecular formula is C13H16N4O. The molecule has 1 fully saturated rings. The Labute approximate surface area is 106 Å². The number of amides is 1. The lowest BCUT2D eigenvalue weighted by molar-refractivity contribution is -0.120. The van der Waals surface area contributed by atoms with Crippen molar-refractivity contribution in [2.75, 3.05) is 24.5 Å². The second-order valence-corrected chi connectivity index (χ2v) is 4.71. The van der Waals surface area contributed by atoms with Crippen LogP contribution >= 0.6 is 0 Å². The number of piperazine rings is 1. The molecule has 1 aromatic heterocycles. The molecule has 1 aromatic rings. The van der Waals surface area contributed by atoms with Gasteiger partial charge in [0.25, 0.3) is 0 Å². The van der Waals surface area contributed by atoms with Crippen LogP contribution in [0.25, 0.3) is 0 Å². The molecule has 0 aromatic carbocycles. The number of carbonyl (C=O) groups excluding carboxylic acids is 1. The number of nitrogens with zero attached hydrogens (tertiary/aromatic N) is 3. The van der Waals surface area contributed by atoms with Crippen LogP contribution in [0.5, 0.6) is 0 Å². The molecule has 0 atom stereocenters. The molecule has 1 aliphatic carbocycles. The first-order chi connectivity index (χ1) is 8.83. The first kappa shape index (κ1) is 11.2. The van der Waals surface area contributed by atoms with E-state index in [1.807, 2.05) is 11.0 Å². The Balaban J connectivity index is 1.79. The first-order valence-corrected chi connectivity index (χ1v) is 6.31. The van der Waals surface area contributed by atoms with E-state index in [2.05, 4.69) is 27.4 Å². The third kappa shape index (κ3) is 2.20. The van der Waals surface area contributed by atoms with Gasteiger partial charge < -0.3 is 10.2 Å². The quantitative estimate of drug-likeness (QED) is 0.783. The van der Waals surface area contributed by atoms with E-state index in [9.17, 15) is 4.79 Å². The molecule has 5 nitrogen and oxygen atoms in total. The fourth-order valence-electron chi connectivity index (χ4n) is 2.45. The molecule has 18 heavy (non-hydrogen) atoms. The molecule has 0 radical (unpaired) electrons. The van der Waals surface area contributed by atoms with E-state index in [0.29, 0.717) is 19.0 Å².